The Morgan fingerprint density at radius 2 is 1.36 bits per heavy atom. The van der Waals surface area contributed by atoms with Gasteiger partial charge in [0.15, 0.2) is 0 Å². The van der Waals surface area contributed by atoms with Gasteiger partial charge in [-0.15, -0.1) is 6.42 Å². The number of hydrogen-bond donors (Lipinski definition) is 0. The molecule has 0 atom stereocenters. The van der Waals surface area contributed by atoms with E-state index in [0.717, 1.165) is 6.42 Å². The molecular formula is C10H20Zr-6. The molecule has 1 rings (SSSR count). The summed E-state index contributed by atoms with van der Waals surface area (Å²) in [6.07, 6.45) is 10.0. The Morgan fingerprint density at radius 1 is 0.909 bits per heavy atom. The second-order valence-corrected chi connectivity index (χ2v) is 1.00. The Morgan fingerprint density at radius 3 is 1.45 bits per heavy atom. The van der Waals surface area contributed by atoms with Crippen molar-refractivity contribution >= 4 is 0 Å². The summed E-state index contributed by atoms with van der Waals surface area (Å²) < 4.78 is 0. The molecule has 1 heteroatoms. The predicted molar refractivity (Wildman–Crippen MR) is 53.6 cm³/mol. The molecule has 11 heavy (non-hydrogen) atoms. The van der Waals surface area contributed by atoms with Gasteiger partial charge < -0.3 is 37.1 Å². The second-order valence-electron chi connectivity index (χ2n) is 1.00. The summed E-state index contributed by atoms with van der Waals surface area (Å²) in [5.74, 6) is 0. The molecule has 0 nitrogen and oxygen atoms in total. The number of rotatable bonds is 0. The maximum absolute atomic E-state index is 2.99. The van der Waals surface area contributed by atoms with Crippen LogP contribution in [0.5, 0.6) is 0 Å². The third kappa shape index (κ3) is 25.2. The molecule has 0 heterocycles. The third-order valence-electron chi connectivity index (χ3n) is 0.586. The molecule has 0 unspecified atom stereocenters. The van der Waals surface area contributed by atoms with Gasteiger partial charge in [-0.25, -0.2) is 12.2 Å². The zero-order valence-corrected chi connectivity index (χ0v) is 10.9. The van der Waals surface area contributed by atoms with Gasteiger partial charge in [0.25, 0.3) is 0 Å². The first kappa shape index (κ1) is 42.4. The van der Waals surface area contributed by atoms with Crippen molar-refractivity contribution in [3.05, 3.63) is 61.4 Å². The predicted octanol–water partition coefficient (Wildman–Crippen LogP) is 3.55. The van der Waals surface area contributed by atoms with Crippen molar-refractivity contribution in [3.63, 3.8) is 0 Å². The first-order valence-corrected chi connectivity index (χ1v) is 1.72. The largest absolute Gasteiger partial charge is 0.358 e. The van der Waals surface area contributed by atoms with Gasteiger partial charge in [0, 0.05) is 26.2 Å². The van der Waals surface area contributed by atoms with Crippen LogP contribution in [0.3, 0.4) is 0 Å². The Kier molecular flexibility index (Phi) is 122. The van der Waals surface area contributed by atoms with Crippen LogP contribution in [0.1, 0.15) is 6.42 Å². The van der Waals surface area contributed by atoms with E-state index in [-0.39, 0.29) is 63.3 Å². The van der Waals surface area contributed by atoms with Gasteiger partial charge >= 0.3 is 0 Å². The van der Waals surface area contributed by atoms with E-state index in [0.29, 0.717) is 0 Å². The van der Waals surface area contributed by atoms with Crippen molar-refractivity contribution in [1.29, 1.82) is 0 Å². The molecule has 0 N–H and O–H groups in total. The van der Waals surface area contributed by atoms with Gasteiger partial charge in [-0.1, -0.05) is 0 Å². The van der Waals surface area contributed by atoms with Crippen molar-refractivity contribution < 1.29 is 26.2 Å². The van der Waals surface area contributed by atoms with Gasteiger partial charge in [0.1, 0.15) is 0 Å². The van der Waals surface area contributed by atoms with E-state index in [1.807, 2.05) is 12.2 Å². The summed E-state index contributed by atoms with van der Waals surface area (Å²) in [5.41, 5.74) is 0. The van der Waals surface area contributed by atoms with Crippen molar-refractivity contribution in [2.45, 2.75) is 6.42 Å². The summed E-state index contributed by atoms with van der Waals surface area (Å²) in [6.45, 7) is 0. The normalized spacial score (nSPS) is 8.00. The van der Waals surface area contributed by atoms with Crippen LogP contribution in [-0.2, 0) is 26.2 Å². The Balaban J connectivity index is -0.0000000104. The molecule has 0 bridgehead atoms. The molecular weight excluding hydrogens is 211 g/mol. The van der Waals surface area contributed by atoms with Crippen LogP contribution in [0.2, 0.25) is 0 Å². The van der Waals surface area contributed by atoms with Crippen LogP contribution in [-0.4, -0.2) is 0 Å². The van der Waals surface area contributed by atoms with Gasteiger partial charge in [0.2, 0.25) is 0 Å². The fourth-order valence-electron chi connectivity index (χ4n) is 0.340. The van der Waals surface area contributed by atoms with Gasteiger partial charge in [-0.3, -0.25) is 6.08 Å². The molecule has 0 aromatic carbocycles. The van der Waals surface area contributed by atoms with Crippen LogP contribution in [0.25, 0.3) is 0 Å². The zero-order chi connectivity index (χ0) is 3.54. The Hall–Kier alpha value is 0.363. The molecule has 70 valence electrons. The maximum Gasteiger partial charge on any atom is 0 e. The first-order chi connectivity index (χ1) is 2.50. The van der Waals surface area contributed by atoms with Crippen LogP contribution in [0.4, 0.5) is 0 Å². The zero-order valence-electron chi connectivity index (χ0n) is 8.44. The second kappa shape index (κ2) is 31.6. The standard InChI is InChI=1S/C5H5.5CH3.Zr/c1-2-4-5-3-1;;;;;;/h1-3H,4H2;5*1H3;/q6*-1;. The van der Waals surface area contributed by atoms with Crippen LogP contribution in [0, 0.1) is 43.2 Å². The summed E-state index contributed by atoms with van der Waals surface area (Å²) >= 11 is 0. The van der Waals surface area contributed by atoms with E-state index in [9.17, 15) is 0 Å². The minimum absolute atomic E-state index is 0. The van der Waals surface area contributed by atoms with Crippen molar-refractivity contribution in [1.82, 2.24) is 0 Å². The van der Waals surface area contributed by atoms with E-state index in [1.54, 1.807) is 0 Å². The fourth-order valence-corrected chi connectivity index (χ4v) is 0.340. The van der Waals surface area contributed by atoms with E-state index in [4.69, 9.17) is 0 Å². The smallest absolute Gasteiger partial charge is 0 e. The molecule has 0 aromatic heterocycles. The van der Waals surface area contributed by atoms with Crippen molar-refractivity contribution in [2.75, 3.05) is 0 Å². The number of allylic oxidation sites excluding steroid dienone is 4. The summed E-state index contributed by atoms with van der Waals surface area (Å²) in [5, 5.41) is 0. The Labute approximate surface area is 93.9 Å². The van der Waals surface area contributed by atoms with Crippen LogP contribution in [0.15, 0.2) is 18.2 Å². The van der Waals surface area contributed by atoms with E-state index < -0.39 is 0 Å². The topological polar surface area (TPSA) is 0 Å². The molecule has 0 aromatic rings. The van der Waals surface area contributed by atoms with Crippen LogP contribution >= 0.6 is 0 Å². The molecule has 0 aliphatic heterocycles. The molecule has 0 amide bonds. The van der Waals surface area contributed by atoms with Gasteiger partial charge in [-0.05, 0) is 0 Å². The molecule has 1 aliphatic rings. The molecule has 0 saturated carbocycles. The molecule has 0 fully saturated rings. The summed E-state index contributed by atoms with van der Waals surface area (Å²) in [7, 11) is 0. The third-order valence-corrected chi connectivity index (χ3v) is 0.586. The fraction of sp³-hybridized carbons (Fsp3) is 0.100. The van der Waals surface area contributed by atoms with Gasteiger partial charge in [-0.2, -0.15) is 6.08 Å². The van der Waals surface area contributed by atoms with Crippen molar-refractivity contribution in [3.8, 4) is 0 Å². The minimum Gasteiger partial charge on any atom is -0.358 e. The maximum atomic E-state index is 2.99. The van der Waals surface area contributed by atoms with E-state index >= 15 is 0 Å². The number of hydrogen-bond acceptors (Lipinski definition) is 0. The SMILES string of the molecule is [C-]1=CC=CC1.[CH3-].[CH3-].[CH3-].[CH3-].[CH3-].[Zr]. The minimum atomic E-state index is 0. The van der Waals surface area contributed by atoms with Crippen molar-refractivity contribution in [2.24, 2.45) is 0 Å². The summed E-state index contributed by atoms with van der Waals surface area (Å²) in [6, 6.07) is 0. The molecule has 0 spiro atoms. The molecule has 1 aliphatic carbocycles. The monoisotopic (exact) mass is 230 g/mol. The molecule has 0 saturated heterocycles. The van der Waals surface area contributed by atoms with Crippen LogP contribution < -0.4 is 0 Å². The van der Waals surface area contributed by atoms with E-state index in [2.05, 4.69) is 12.2 Å². The summed E-state index contributed by atoms with van der Waals surface area (Å²) in [4.78, 5) is 0. The average Bonchev–Trinajstić information content (AvgIpc) is 1.76. The molecule has 0 radical (unpaired) electrons. The Bertz CT molecular complexity index is 62.9. The van der Waals surface area contributed by atoms with E-state index in [1.165, 1.54) is 0 Å². The average molecular weight is 231 g/mol. The van der Waals surface area contributed by atoms with Gasteiger partial charge in [0.05, 0.1) is 0 Å². The quantitative estimate of drug-likeness (QED) is 0.559. The first-order valence-electron chi connectivity index (χ1n) is 1.72.